The number of rotatable bonds is 10. The molecule has 3 rings (SSSR count). The van der Waals surface area contributed by atoms with Crippen molar-refractivity contribution in [2.75, 3.05) is 7.05 Å². The van der Waals surface area contributed by atoms with Crippen molar-refractivity contribution in [3.63, 3.8) is 0 Å². The second-order valence-electron chi connectivity index (χ2n) is 8.30. The Balaban J connectivity index is 1.91. The second kappa shape index (κ2) is 10.1. The minimum Gasteiger partial charge on any atom is -0.341 e. The van der Waals surface area contributed by atoms with E-state index in [4.69, 9.17) is 0 Å². The third kappa shape index (κ3) is 5.33. The summed E-state index contributed by atoms with van der Waals surface area (Å²) in [5.41, 5.74) is -0.0252. The molecule has 3 aromatic heterocycles. The zero-order valence-corrected chi connectivity index (χ0v) is 19.5. The lowest BCUT2D eigenvalue weighted by Gasteiger charge is -2.16. The Morgan fingerprint density at radius 3 is 2.71 bits per heavy atom. The maximum atomic E-state index is 12.7. The molecule has 0 fully saturated rings. The molecule has 0 aliphatic rings. The van der Waals surface area contributed by atoms with E-state index in [1.165, 1.54) is 0 Å². The first-order valence-corrected chi connectivity index (χ1v) is 11.7. The fourth-order valence-electron chi connectivity index (χ4n) is 3.63. The van der Waals surface area contributed by atoms with Gasteiger partial charge in [-0.1, -0.05) is 33.3 Å². The van der Waals surface area contributed by atoms with E-state index >= 15 is 0 Å². The van der Waals surface area contributed by atoms with Crippen LogP contribution in [0.1, 0.15) is 50.7 Å². The Bertz CT molecular complexity index is 1140. The van der Waals surface area contributed by atoms with Gasteiger partial charge in [-0.05, 0) is 23.8 Å². The summed E-state index contributed by atoms with van der Waals surface area (Å²) in [6.07, 6.45) is 2.45. The summed E-state index contributed by atoms with van der Waals surface area (Å²) < 4.78 is 3.43. The number of aryl methyl sites for hydroxylation is 2. The number of hydrogen-bond donors (Lipinski definition) is 1. The number of aromatic amines is 1. The van der Waals surface area contributed by atoms with Gasteiger partial charge >= 0.3 is 5.69 Å². The highest BCUT2D eigenvalue weighted by atomic mass is 32.1. The molecule has 0 aliphatic carbocycles. The molecule has 1 amide bonds. The molecule has 0 unspecified atom stereocenters. The molecule has 168 valence electrons. The normalized spacial score (nSPS) is 11.5. The van der Waals surface area contributed by atoms with Gasteiger partial charge in [0.2, 0.25) is 5.91 Å². The van der Waals surface area contributed by atoms with Gasteiger partial charge in [0.05, 0.1) is 6.54 Å². The van der Waals surface area contributed by atoms with Gasteiger partial charge in [0, 0.05) is 37.9 Å². The number of amides is 1. The van der Waals surface area contributed by atoms with Crippen molar-refractivity contribution < 1.29 is 4.79 Å². The van der Waals surface area contributed by atoms with Crippen LogP contribution >= 0.6 is 11.3 Å². The van der Waals surface area contributed by atoms with Crippen LogP contribution in [0.2, 0.25) is 0 Å². The van der Waals surface area contributed by atoms with Crippen molar-refractivity contribution in [1.29, 1.82) is 0 Å². The molecular weight excluding hydrogens is 414 g/mol. The maximum Gasteiger partial charge on any atom is 0.330 e. The minimum atomic E-state index is -0.432. The van der Waals surface area contributed by atoms with Crippen LogP contribution in [0.5, 0.6) is 0 Å². The summed E-state index contributed by atoms with van der Waals surface area (Å²) in [4.78, 5) is 47.7. The molecular formula is C22H31N5O3S. The monoisotopic (exact) mass is 445 g/mol. The number of thiophene rings is 1. The summed E-state index contributed by atoms with van der Waals surface area (Å²) in [6.45, 7) is 7.86. The van der Waals surface area contributed by atoms with E-state index in [1.807, 2.05) is 22.1 Å². The van der Waals surface area contributed by atoms with Gasteiger partial charge in [-0.15, -0.1) is 11.3 Å². The summed E-state index contributed by atoms with van der Waals surface area (Å²) in [7, 11) is 1.80. The van der Waals surface area contributed by atoms with E-state index in [2.05, 4.69) is 30.7 Å². The summed E-state index contributed by atoms with van der Waals surface area (Å²) in [6, 6.07) is 3.99. The highest BCUT2D eigenvalue weighted by molar-refractivity contribution is 7.09. The van der Waals surface area contributed by atoms with Crippen LogP contribution in [0.4, 0.5) is 0 Å². The molecule has 0 radical (unpaired) electrons. The fraction of sp³-hybridized carbons (Fsp3) is 0.545. The molecule has 0 saturated carbocycles. The van der Waals surface area contributed by atoms with E-state index < -0.39 is 11.2 Å². The molecule has 0 aliphatic heterocycles. The standard InChI is InChI=1S/C22H31N5O3S/c1-5-6-11-26-20-19(21(29)24-22(26)30)27(13-15(2)3)17(23-20)9-10-18(28)25(4)14-16-8-7-12-31-16/h7-8,12,15H,5-6,9-11,13-14H2,1-4H3,(H,24,29,30). The van der Waals surface area contributed by atoms with Gasteiger partial charge in [0.25, 0.3) is 5.56 Å². The number of nitrogens with zero attached hydrogens (tertiary/aromatic N) is 4. The number of fused-ring (bicyclic) bond motifs is 1. The van der Waals surface area contributed by atoms with Gasteiger partial charge in [0.15, 0.2) is 11.2 Å². The number of hydrogen-bond acceptors (Lipinski definition) is 5. The Labute approximate surface area is 185 Å². The van der Waals surface area contributed by atoms with Gasteiger partial charge in [0.1, 0.15) is 5.82 Å². The van der Waals surface area contributed by atoms with Gasteiger partial charge in [-0.2, -0.15) is 0 Å². The van der Waals surface area contributed by atoms with Crippen LogP contribution < -0.4 is 11.2 Å². The van der Waals surface area contributed by atoms with Crippen LogP contribution in [-0.2, 0) is 30.8 Å². The number of carbonyl (C=O) groups excluding carboxylic acids is 1. The van der Waals surface area contributed by atoms with E-state index in [-0.39, 0.29) is 11.8 Å². The van der Waals surface area contributed by atoms with Crippen LogP contribution in [0.15, 0.2) is 27.1 Å². The Morgan fingerprint density at radius 2 is 2.06 bits per heavy atom. The molecule has 3 heterocycles. The zero-order chi connectivity index (χ0) is 22.5. The molecule has 0 bridgehead atoms. The highest BCUT2D eigenvalue weighted by Crippen LogP contribution is 2.17. The first-order chi connectivity index (χ1) is 14.8. The first-order valence-electron chi connectivity index (χ1n) is 10.8. The lowest BCUT2D eigenvalue weighted by atomic mass is 10.2. The van der Waals surface area contributed by atoms with E-state index in [0.29, 0.717) is 49.5 Å². The molecule has 0 aromatic carbocycles. The Kier molecular flexibility index (Phi) is 7.48. The topological polar surface area (TPSA) is 93.0 Å². The third-order valence-corrected chi connectivity index (χ3v) is 6.07. The van der Waals surface area contributed by atoms with Gasteiger partial charge < -0.3 is 9.47 Å². The molecule has 0 atom stereocenters. The lowest BCUT2D eigenvalue weighted by Crippen LogP contribution is -2.31. The van der Waals surface area contributed by atoms with Gasteiger partial charge in [-0.3, -0.25) is 19.1 Å². The molecule has 0 spiro atoms. The predicted molar refractivity (Wildman–Crippen MR) is 123 cm³/mol. The molecule has 3 aromatic rings. The van der Waals surface area contributed by atoms with Crippen molar-refractivity contribution in [3.8, 4) is 0 Å². The number of carbonyl (C=O) groups is 1. The average Bonchev–Trinajstić information content (AvgIpc) is 3.34. The average molecular weight is 446 g/mol. The Hall–Kier alpha value is -2.68. The maximum absolute atomic E-state index is 12.7. The fourth-order valence-corrected chi connectivity index (χ4v) is 4.39. The number of nitrogens with one attached hydrogen (secondary N) is 1. The molecule has 8 nitrogen and oxygen atoms in total. The number of unbranched alkanes of at least 4 members (excludes halogenated alkanes) is 1. The number of imidazole rings is 1. The third-order valence-electron chi connectivity index (χ3n) is 5.21. The summed E-state index contributed by atoms with van der Waals surface area (Å²) >= 11 is 1.63. The van der Waals surface area contributed by atoms with Crippen LogP contribution in [0, 0.1) is 5.92 Å². The number of aromatic nitrogens is 4. The summed E-state index contributed by atoms with van der Waals surface area (Å²) in [5.74, 6) is 0.973. The lowest BCUT2D eigenvalue weighted by molar-refractivity contribution is -0.130. The summed E-state index contributed by atoms with van der Waals surface area (Å²) in [5, 5.41) is 2.00. The van der Waals surface area contributed by atoms with Crippen LogP contribution in [-0.4, -0.2) is 37.0 Å². The smallest absolute Gasteiger partial charge is 0.330 e. The van der Waals surface area contributed by atoms with Crippen molar-refractivity contribution in [2.45, 2.75) is 66.1 Å². The van der Waals surface area contributed by atoms with Crippen LogP contribution in [0.3, 0.4) is 0 Å². The largest absolute Gasteiger partial charge is 0.341 e. The van der Waals surface area contributed by atoms with E-state index in [9.17, 15) is 14.4 Å². The first kappa shape index (κ1) is 23.0. The minimum absolute atomic E-state index is 0.0221. The van der Waals surface area contributed by atoms with Crippen molar-refractivity contribution in [2.24, 2.45) is 5.92 Å². The highest BCUT2D eigenvalue weighted by Gasteiger charge is 2.20. The Morgan fingerprint density at radius 1 is 1.29 bits per heavy atom. The van der Waals surface area contributed by atoms with E-state index in [0.717, 1.165) is 17.7 Å². The molecule has 0 saturated heterocycles. The molecule has 9 heteroatoms. The zero-order valence-electron chi connectivity index (χ0n) is 18.7. The molecule has 1 N–H and O–H groups in total. The van der Waals surface area contributed by atoms with Crippen LogP contribution in [0.25, 0.3) is 11.2 Å². The van der Waals surface area contributed by atoms with Gasteiger partial charge in [-0.25, -0.2) is 9.78 Å². The quantitative estimate of drug-likeness (QED) is 0.519. The molecule has 31 heavy (non-hydrogen) atoms. The van der Waals surface area contributed by atoms with Crippen molar-refractivity contribution in [1.82, 2.24) is 24.0 Å². The van der Waals surface area contributed by atoms with Crippen molar-refractivity contribution >= 4 is 28.4 Å². The second-order valence-corrected chi connectivity index (χ2v) is 9.33. The SMILES string of the molecule is CCCCn1c(=O)[nH]c(=O)c2c1nc(CCC(=O)N(C)Cc1cccs1)n2CC(C)C. The van der Waals surface area contributed by atoms with Crippen molar-refractivity contribution in [3.05, 3.63) is 49.1 Å². The van der Waals surface area contributed by atoms with E-state index in [1.54, 1.807) is 27.9 Å². The number of H-pyrrole nitrogens is 1. The predicted octanol–water partition coefficient (Wildman–Crippen LogP) is 3.00.